The van der Waals surface area contributed by atoms with Crippen molar-refractivity contribution in [2.75, 3.05) is 19.0 Å². The van der Waals surface area contributed by atoms with Crippen LogP contribution in [0.1, 0.15) is 21.5 Å². The number of benzene rings is 2. The topological polar surface area (TPSA) is 108 Å². The molecule has 140 valence electrons. The number of ether oxygens (including phenoxy) is 1. The van der Waals surface area contributed by atoms with Gasteiger partial charge in [-0.15, -0.1) is 0 Å². The van der Waals surface area contributed by atoms with Crippen LogP contribution in [0.25, 0.3) is 11.3 Å². The van der Waals surface area contributed by atoms with Crippen molar-refractivity contribution >= 4 is 17.6 Å². The van der Waals surface area contributed by atoms with Crippen LogP contribution in [0.5, 0.6) is 0 Å². The van der Waals surface area contributed by atoms with Gasteiger partial charge in [-0.1, -0.05) is 18.2 Å². The molecule has 1 aromatic heterocycles. The van der Waals surface area contributed by atoms with E-state index in [0.717, 1.165) is 11.3 Å². The molecule has 0 atom stereocenters. The molecule has 2 aromatic carbocycles. The molecule has 3 aromatic rings. The van der Waals surface area contributed by atoms with Crippen molar-refractivity contribution in [1.82, 2.24) is 9.97 Å². The van der Waals surface area contributed by atoms with Crippen LogP contribution in [-0.2, 0) is 11.2 Å². The molecule has 7 nitrogen and oxygen atoms in total. The van der Waals surface area contributed by atoms with E-state index in [-0.39, 0.29) is 17.7 Å². The lowest BCUT2D eigenvalue weighted by atomic mass is 10.0. The van der Waals surface area contributed by atoms with Crippen LogP contribution in [0, 0.1) is 11.3 Å². The first-order valence-corrected chi connectivity index (χ1v) is 8.57. The molecule has 0 radical (unpaired) electrons. The number of carbonyl (C=O) groups excluding carboxylic acids is 1. The minimum atomic E-state index is -0.558. The Balaban J connectivity index is 1.85. The monoisotopic (exact) mass is 374 g/mol. The van der Waals surface area contributed by atoms with E-state index in [4.69, 9.17) is 9.84 Å². The molecule has 3 rings (SSSR count). The second kappa shape index (κ2) is 8.75. The number of nitrogens with one attached hydrogen (secondary N) is 1. The van der Waals surface area contributed by atoms with E-state index >= 15 is 0 Å². The molecule has 0 aliphatic heterocycles. The summed E-state index contributed by atoms with van der Waals surface area (Å²) in [6.45, 7) is 0.109. The molecule has 0 fully saturated rings. The molecule has 1 heterocycles. The van der Waals surface area contributed by atoms with E-state index in [2.05, 4.69) is 15.3 Å². The lowest BCUT2D eigenvalue weighted by Gasteiger charge is -2.09. The van der Waals surface area contributed by atoms with E-state index in [1.807, 2.05) is 30.3 Å². The normalized spacial score (nSPS) is 10.2. The smallest absolute Gasteiger partial charge is 0.339 e. The van der Waals surface area contributed by atoms with Crippen molar-refractivity contribution in [3.8, 4) is 17.3 Å². The van der Waals surface area contributed by atoms with Crippen molar-refractivity contribution in [3.63, 3.8) is 0 Å². The number of nitrogens with zero attached hydrogens (tertiary/aromatic N) is 3. The number of methoxy groups -OCH3 is 1. The Kier molecular flexibility index (Phi) is 5.94. The van der Waals surface area contributed by atoms with Gasteiger partial charge in [0.25, 0.3) is 0 Å². The Hall–Kier alpha value is -3.76. The van der Waals surface area contributed by atoms with Gasteiger partial charge in [-0.3, -0.25) is 0 Å². The molecular weight excluding hydrogens is 356 g/mol. The summed E-state index contributed by atoms with van der Waals surface area (Å²) in [5.74, 6) is -0.152. The number of esters is 1. The number of aromatic nitrogens is 2. The van der Waals surface area contributed by atoms with Crippen LogP contribution >= 0.6 is 0 Å². The van der Waals surface area contributed by atoms with Crippen molar-refractivity contribution < 1.29 is 14.6 Å². The molecule has 28 heavy (non-hydrogen) atoms. The third-order valence-corrected chi connectivity index (χ3v) is 4.11. The number of aliphatic hydroxyl groups is 1. The van der Waals surface area contributed by atoms with Gasteiger partial charge in [-0.05, 0) is 42.3 Å². The van der Waals surface area contributed by atoms with Gasteiger partial charge in [0.05, 0.1) is 23.9 Å². The third kappa shape index (κ3) is 4.31. The van der Waals surface area contributed by atoms with Gasteiger partial charge in [0.1, 0.15) is 6.07 Å². The standard InChI is InChI=1S/C21H18N4O3/c1-28-20(27)18-7-4-15(12-16(18)13-22)19-8-10-23-21(25-19)24-17-5-2-14(3-6-17)9-11-26/h2-8,10,12,26H,9,11H2,1H3,(H,23,24,25). The summed E-state index contributed by atoms with van der Waals surface area (Å²) in [7, 11) is 1.27. The number of rotatable bonds is 6. The third-order valence-electron chi connectivity index (χ3n) is 4.11. The Morgan fingerprint density at radius 1 is 1.21 bits per heavy atom. The van der Waals surface area contributed by atoms with Crippen molar-refractivity contribution in [2.45, 2.75) is 6.42 Å². The molecule has 0 saturated carbocycles. The molecule has 0 unspecified atom stereocenters. The Labute approximate surface area is 162 Å². The lowest BCUT2D eigenvalue weighted by molar-refractivity contribution is 0.0600. The zero-order chi connectivity index (χ0) is 19.9. The van der Waals surface area contributed by atoms with Crippen LogP contribution in [0.15, 0.2) is 54.7 Å². The number of nitriles is 1. The predicted octanol–water partition coefficient (Wildman–Crippen LogP) is 3.08. The van der Waals surface area contributed by atoms with E-state index in [1.165, 1.54) is 7.11 Å². The first kappa shape index (κ1) is 19.0. The van der Waals surface area contributed by atoms with E-state index in [1.54, 1.807) is 30.5 Å². The molecule has 0 aliphatic carbocycles. The molecule has 0 aliphatic rings. The van der Waals surface area contributed by atoms with Gasteiger partial charge >= 0.3 is 5.97 Å². The highest BCUT2D eigenvalue weighted by molar-refractivity contribution is 5.93. The zero-order valence-electron chi connectivity index (χ0n) is 15.2. The maximum atomic E-state index is 11.7. The summed E-state index contributed by atoms with van der Waals surface area (Å²) in [5, 5.41) is 21.4. The highest BCUT2D eigenvalue weighted by Gasteiger charge is 2.13. The summed E-state index contributed by atoms with van der Waals surface area (Å²) in [4.78, 5) is 20.4. The van der Waals surface area contributed by atoms with Gasteiger partial charge in [-0.25, -0.2) is 14.8 Å². The van der Waals surface area contributed by atoms with Gasteiger partial charge in [0.2, 0.25) is 5.95 Å². The minimum Gasteiger partial charge on any atom is -0.465 e. The van der Waals surface area contributed by atoms with Crippen LogP contribution < -0.4 is 5.32 Å². The SMILES string of the molecule is COC(=O)c1ccc(-c2ccnc(Nc3ccc(CCO)cc3)n2)cc1C#N. The summed E-state index contributed by atoms with van der Waals surface area (Å²) in [5.41, 5.74) is 3.59. The molecule has 2 N–H and O–H groups in total. The molecule has 7 heteroatoms. The summed E-state index contributed by atoms with van der Waals surface area (Å²) in [6.07, 6.45) is 2.22. The van der Waals surface area contributed by atoms with Crippen molar-refractivity contribution in [3.05, 3.63) is 71.4 Å². The number of aliphatic hydroxyl groups excluding tert-OH is 1. The van der Waals surface area contributed by atoms with Crippen LogP contribution in [-0.4, -0.2) is 34.8 Å². The first-order chi connectivity index (χ1) is 13.6. The molecule has 0 saturated heterocycles. The maximum absolute atomic E-state index is 11.7. The zero-order valence-corrected chi connectivity index (χ0v) is 15.2. The van der Waals surface area contributed by atoms with Crippen LogP contribution in [0.2, 0.25) is 0 Å². The predicted molar refractivity (Wildman–Crippen MR) is 104 cm³/mol. The van der Waals surface area contributed by atoms with E-state index < -0.39 is 5.97 Å². The average Bonchev–Trinajstić information content (AvgIpc) is 2.74. The fourth-order valence-corrected chi connectivity index (χ4v) is 2.68. The highest BCUT2D eigenvalue weighted by Crippen LogP contribution is 2.23. The fraction of sp³-hybridized carbons (Fsp3) is 0.143. The van der Waals surface area contributed by atoms with Crippen LogP contribution in [0.4, 0.5) is 11.6 Å². The molecule has 0 bridgehead atoms. The van der Waals surface area contributed by atoms with Gasteiger partial charge in [-0.2, -0.15) is 5.26 Å². The van der Waals surface area contributed by atoms with Crippen molar-refractivity contribution in [1.29, 1.82) is 5.26 Å². The number of carbonyl (C=O) groups is 1. The largest absolute Gasteiger partial charge is 0.465 e. The Morgan fingerprint density at radius 3 is 2.68 bits per heavy atom. The van der Waals surface area contributed by atoms with Crippen LogP contribution in [0.3, 0.4) is 0 Å². The number of anilines is 2. The molecule has 0 spiro atoms. The number of hydrogen-bond acceptors (Lipinski definition) is 7. The van der Waals surface area contributed by atoms with Gasteiger partial charge < -0.3 is 15.2 Å². The number of hydrogen-bond donors (Lipinski definition) is 2. The quantitative estimate of drug-likeness (QED) is 0.638. The van der Waals surface area contributed by atoms with Crippen molar-refractivity contribution in [2.24, 2.45) is 0 Å². The van der Waals surface area contributed by atoms with Gasteiger partial charge in [0.15, 0.2) is 0 Å². The Morgan fingerprint density at radius 2 is 2.00 bits per heavy atom. The fourth-order valence-electron chi connectivity index (χ4n) is 2.68. The van der Waals surface area contributed by atoms with E-state index in [0.29, 0.717) is 23.6 Å². The summed E-state index contributed by atoms with van der Waals surface area (Å²) in [6, 6.07) is 16.2. The summed E-state index contributed by atoms with van der Waals surface area (Å²) < 4.78 is 4.69. The minimum absolute atomic E-state index is 0.109. The maximum Gasteiger partial charge on any atom is 0.339 e. The molecule has 0 amide bonds. The second-order valence-electron chi connectivity index (χ2n) is 5.92. The average molecular weight is 374 g/mol. The summed E-state index contributed by atoms with van der Waals surface area (Å²) >= 11 is 0. The van der Waals surface area contributed by atoms with E-state index in [9.17, 15) is 10.1 Å². The lowest BCUT2D eigenvalue weighted by Crippen LogP contribution is -2.04. The van der Waals surface area contributed by atoms with Gasteiger partial charge in [0, 0.05) is 24.1 Å². The first-order valence-electron chi connectivity index (χ1n) is 8.57. The Bertz CT molecular complexity index is 1030. The highest BCUT2D eigenvalue weighted by atomic mass is 16.5. The molecular formula is C21H18N4O3. The second-order valence-corrected chi connectivity index (χ2v) is 5.92.